The van der Waals surface area contributed by atoms with Crippen molar-refractivity contribution in [2.24, 2.45) is 5.92 Å². The van der Waals surface area contributed by atoms with E-state index in [0.29, 0.717) is 13.1 Å². The summed E-state index contributed by atoms with van der Waals surface area (Å²) in [5, 5.41) is 10.6. The number of pyridine rings is 1. The highest BCUT2D eigenvalue weighted by molar-refractivity contribution is 5.83. The summed E-state index contributed by atoms with van der Waals surface area (Å²) in [7, 11) is 3.36. The highest BCUT2D eigenvalue weighted by Crippen LogP contribution is 2.41. The number of nitrogens with zero attached hydrogens (tertiary/aromatic N) is 3. The summed E-state index contributed by atoms with van der Waals surface area (Å²) in [6, 6.07) is 13.8. The van der Waals surface area contributed by atoms with Crippen molar-refractivity contribution < 1.29 is 14.7 Å². The standard InChI is InChI=1S/C23H27N3O4/c1-24(2)23(30)21-17-12-16(18-9-6-10-20(28)26(18)21)13-25(14-17)22(29)19(27)11-15-7-4-3-5-8-15/h3-10,16-17,19,21,27H,11-14H2,1-2H3/t16-,17+,19+,21-/m1/s1. The third kappa shape index (κ3) is 3.65. The van der Waals surface area contributed by atoms with Crippen molar-refractivity contribution in [3.8, 4) is 0 Å². The molecule has 7 nitrogen and oxygen atoms in total. The molecule has 0 spiro atoms. The number of likely N-dealkylation sites (N-methyl/N-ethyl adjacent to an activating group) is 1. The number of aromatic nitrogens is 1. The molecule has 0 unspecified atom stereocenters. The summed E-state index contributed by atoms with van der Waals surface area (Å²) in [6.45, 7) is 0.791. The van der Waals surface area contributed by atoms with Crippen LogP contribution in [0.25, 0.3) is 0 Å². The smallest absolute Gasteiger partial charge is 0.251 e. The van der Waals surface area contributed by atoms with Gasteiger partial charge < -0.3 is 14.9 Å². The van der Waals surface area contributed by atoms with Gasteiger partial charge in [-0.3, -0.25) is 19.0 Å². The van der Waals surface area contributed by atoms with E-state index in [-0.39, 0.29) is 35.6 Å². The molecule has 2 bridgehead atoms. The fourth-order valence-corrected chi connectivity index (χ4v) is 4.83. The number of hydrogen-bond acceptors (Lipinski definition) is 4. The molecule has 7 heteroatoms. The molecule has 4 rings (SSSR count). The lowest BCUT2D eigenvalue weighted by Crippen LogP contribution is -2.55. The third-order valence-electron chi connectivity index (χ3n) is 6.21. The van der Waals surface area contributed by atoms with Gasteiger partial charge in [0.05, 0.1) is 0 Å². The Balaban J connectivity index is 1.62. The predicted octanol–water partition coefficient (Wildman–Crippen LogP) is 1.03. The first-order valence-corrected chi connectivity index (χ1v) is 10.3. The fraction of sp³-hybridized carbons (Fsp3) is 0.435. The zero-order valence-corrected chi connectivity index (χ0v) is 17.3. The summed E-state index contributed by atoms with van der Waals surface area (Å²) in [5.41, 5.74) is 1.49. The van der Waals surface area contributed by atoms with Crippen LogP contribution in [0, 0.1) is 5.92 Å². The van der Waals surface area contributed by atoms with Crippen LogP contribution in [0.3, 0.4) is 0 Å². The van der Waals surface area contributed by atoms with Gasteiger partial charge in [-0.1, -0.05) is 36.4 Å². The Hall–Kier alpha value is -2.93. The van der Waals surface area contributed by atoms with Gasteiger partial charge in [-0.25, -0.2) is 0 Å². The molecule has 0 radical (unpaired) electrons. The summed E-state index contributed by atoms with van der Waals surface area (Å²) in [6.07, 6.45) is -0.138. The van der Waals surface area contributed by atoms with Gasteiger partial charge in [-0.05, 0) is 18.1 Å². The minimum absolute atomic E-state index is 0.0308. The Labute approximate surface area is 175 Å². The maximum Gasteiger partial charge on any atom is 0.251 e. The van der Waals surface area contributed by atoms with Crippen LogP contribution >= 0.6 is 0 Å². The maximum atomic E-state index is 13.0. The molecule has 1 N–H and O–H groups in total. The van der Waals surface area contributed by atoms with Crippen LogP contribution in [-0.2, 0) is 16.0 Å². The Morgan fingerprint density at radius 2 is 1.83 bits per heavy atom. The molecule has 30 heavy (non-hydrogen) atoms. The first-order valence-electron chi connectivity index (χ1n) is 10.3. The fourth-order valence-electron chi connectivity index (χ4n) is 4.83. The van der Waals surface area contributed by atoms with Crippen molar-refractivity contribution in [2.45, 2.75) is 30.9 Å². The van der Waals surface area contributed by atoms with Crippen LogP contribution < -0.4 is 5.56 Å². The normalized spacial score (nSPS) is 23.4. The van der Waals surface area contributed by atoms with Gasteiger partial charge in [-0.15, -0.1) is 0 Å². The van der Waals surface area contributed by atoms with E-state index in [1.165, 1.54) is 11.0 Å². The second-order valence-corrected chi connectivity index (χ2v) is 8.48. The average Bonchev–Trinajstić information content (AvgIpc) is 2.74. The first kappa shape index (κ1) is 20.3. The molecule has 1 aromatic carbocycles. The topological polar surface area (TPSA) is 82.9 Å². The average molecular weight is 409 g/mol. The Kier molecular flexibility index (Phi) is 5.47. The largest absolute Gasteiger partial charge is 0.383 e. The summed E-state index contributed by atoms with van der Waals surface area (Å²) in [4.78, 5) is 41.8. The first-order chi connectivity index (χ1) is 14.4. The van der Waals surface area contributed by atoms with Crippen LogP contribution in [0.15, 0.2) is 53.3 Å². The molecule has 2 amide bonds. The number of likely N-dealkylation sites (tertiary alicyclic amines) is 1. The number of hydrogen-bond donors (Lipinski definition) is 1. The molecular formula is C23H27N3O4. The number of carbonyl (C=O) groups excluding carboxylic acids is 2. The highest BCUT2D eigenvalue weighted by Gasteiger charge is 2.45. The van der Waals surface area contributed by atoms with Crippen molar-refractivity contribution in [1.82, 2.24) is 14.4 Å². The van der Waals surface area contributed by atoms with Crippen molar-refractivity contribution in [2.75, 3.05) is 27.2 Å². The second kappa shape index (κ2) is 8.07. The summed E-state index contributed by atoms with van der Waals surface area (Å²) in [5.74, 6) is -0.667. The molecule has 2 aliphatic heterocycles. The van der Waals surface area contributed by atoms with Gasteiger partial charge in [0.15, 0.2) is 0 Å². The van der Waals surface area contributed by atoms with Gasteiger partial charge in [0, 0.05) is 57.2 Å². The van der Waals surface area contributed by atoms with Crippen molar-refractivity contribution in [3.05, 3.63) is 70.1 Å². The molecule has 0 aliphatic carbocycles. The molecule has 158 valence electrons. The summed E-state index contributed by atoms with van der Waals surface area (Å²) >= 11 is 0. The number of aliphatic hydroxyl groups excluding tert-OH is 1. The van der Waals surface area contributed by atoms with E-state index in [0.717, 1.165) is 17.7 Å². The van der Waals surface area contributed by atoms with Gasteiger partial charge in [0.2, 0.25) is 5.91 Å². The highest BCUT2D eigenvalue weighted by atomic mass is 16.3. The third-order valence-corrected chi connectivity index (χ3v) is 6.21. The zero-order chi connectivity index (χ0) is 21.4. The number of fused-ring (bicyclic) bond motifs is 4. The number of rotatable bonds is 4. The van der Waals surface area contributed by atoms with Crippen LogP contribution in [-0.4, -0.2) is 64.6 Å². The van der Waals surface area contributed by atoms with Crippen molar-refractivity contribution in [1.29, 1.82) is 0 Å². The summed E-state index contributed by atoms with van der Waals surface area (Å²) < 4.78 is 1.61. The number of amides is 2. The Bertz CT molecular complexity index is 1000. The molecule has 4 atom stereocenters. The maximum absolute atomic E-state index is 13.0. The van der Waals surface area contributed by atoms with Crippen LogP contribution in [0.4, 0.5) is 0 Å². The van der Waals surface area contributed by atoms with Crippen LogP contribution in [0.2, 0.25) is 0 Å². The van der Waals surface area contributed by atoms with E-state index in [9.17, 15) is 19.5 Å². The van der Waals surface area contributed by atoms with Crippen LogP contribution in [0.5, 0.6) is 0 Å². The number of aliphatic hydroxyl groups is 1. The monoisotopic (exact) mass is 409 g/mol. The molecule has 2 aliphatic rings. The lowest BCUT2D eigenvalue weighted by molar-refractivity contribution is -0.146. The van der Waals surface area contributed by atoms with Crippen molar-refractivity contribution in [3.63, 3.8) is 0 Å². The lowest BCUT2D eigenvalue weighted by atomic mass is 9.77. The minimum Gasteiger partial charge on any atom is -0.383 e. The molecule has 0 saturated carbocycles. The Morgan fingerprint density at radius 3 is 2.53 bits per heavy atom. The van der Waals surface area contributed by atoms with Gasteiger partial charge in [-0.2, -0.15) is 0 Å². The molecule has 1 aromatic heterocycles. The van der Waals surface area contributed by atoms with E-state index >= 15 is 0 Å². The minimum atomic E-state index is -1.13. The van der Waals surface area contributed by atoms with Gasteiger partial charge in [0.25, 0.3) is 11.5 Å². The lowest BCUT2D eigenvalue weighted by Gasteiger charge is -2.47. The number of carbonyl (C=O) groups is 2. The number of benzene rings is 1. The van der Waals surface area contributed by atoms with Crippen molar-refractivity contribution >= 4 is 11.8 Å². The van der Waals surface area contributed by atoms with E-state index in [1.54, 1.807) is 29.6 Å². The van der Waals surface area contributed by atoms with E-state index in [1.807, 2.05) is 36.4 Å². The molecular weight excluding hydrogens is 382 g/mol. The second-order valence-electron chi connectivity index (χ2n) is 8.48. The molecule has 3 heterocycles. The molecule has 1 fully saturated rings. The van der Waals surface area contributed by atoms with E-state index in [2.05, 4.69) is 0 Å². The Morgan fingerprint density at radius 1 is 1.10 bits per heavy atom. The SMILES string of the molecule is CN(C)C(=O)[C@H]1[C@H]2C[C@H](CN(C(=O)[C@@H](O)Cc3ccccc3)C2)c2cccc(=O)n21. The molecule has 2 aromatic rings. The molecule has 1 saturated heterocycles. The predicted molar refractivity (Wildman–Crippen MR) is 112 cm³/mol. The van der Waals surface area contributed by atoms with Crippen LogP contribution in [0.1, 0.15) is 29.6 Å². The number of piperidine rings is 1. The van der Waals surface area contributed by atoms with Gasteiger partial charge >= 0.3 is 0 Å². The van der Waals surface area contributed by atoms with Gasteiger partial charge in [0.1, 0.15) is 12.1 Å². The van der Waals surface area contributed by atoms with E-state index < -0.39 is 12.1 Å². The van der Waals surface area contributed by atoms with E-state index in [4.69, 9.17) is 0 Å². The quantitative estimate of drug-likeness (QED) is 0.818. The zero-order valence-electron chi connectivity index (χ0n) is 17.3.